The molecule has 6 rings (SSSR count). The molecule has 0 spiro atoms. The van der Waals surface area contributed by atoms with E-state index in [0.29, 0.717) is 11.5 Å². The van der Waals surface area contributed by atoms with Gasteiger partial charge in [-0.05, 0) is 48.9 Å². The SMILES string of the molecule is C[C@@H]1CN(c2ccc(C#N)c3ncccc23)C[C@H](CN2CC(c3cccc(N4CCNCC4)c3)C2)O1. The molecule has 1 aromatic heterocycles. The van der Waals surface area contributed by atoms with Crippen molar-refractivity contribution in [1.29, 1.82) is 5.26 Å². The number of piperazine rings is 1. The molecule has 1 N–H and O–H groups in total. The van der Waals surface area contributed by atoms with Gasteiger partial charge in [-0.25, -0.2) is 0 Å². The van der Waals surface area contributed by atoms with Gasteiger partial charge in [0.25, 0.3) is 0 Å². The second kappa shape index (κ2) is 10.1. The standard InChI is InChI=1S/C29H34N6O/c1-21-16-35(28-8-7-23(15-30)29-27(28)6-3-9-32-29)20-26(36-21)19-33-17-24(18-33)22-4-2-5-25(14-22)34-12-10-31-11-13-34/h2-9,14,21,24,26,31H,10-13,16-20H2,1H3/t21-,26+/m1/s1. The van der Waals surface area contributed by atoms with Crippen molar-refractivity contribution in [2.75, 3.05) is 68.7 Å². The number of rotatable bonds is 5. The molecule has 0 unspecified atom stereocenters. The molecule has 3 aromatic rings. The predicted octanol–water partition coefficient (Wildman–Crippen LogP) is 3.21. The Morgan fingerprint density at radius 1 is 1.03 bits per heavy atom. The molecule has 3 aliphatic rings. The van der Waals surface area contributed by atoms with Crippen molar-refractivity contribution in [2.24, 2.45) is 0 Å². The van der Waals surface area contributed by atoms with Gasteiger partial charge in [-0.1, -0.05) is 12.1 Å². The van der Waals surface area contributed by atoms with Gasteiger partial charge < -0.3 is 19.9 Å². The van der Waals surface area contributed by atoms with Crippen LogP contribution in [0.3, 0.4) is 0 Å². The van der Waals surface area contributed by atoms with Crippen LogP contribution in [0.5, 0.6) is 0 Å². The number of likely N-dealkylation sites (tertiary alicyclic amines) is 1. The lowest BCUT2D eigenvalue weighted by Crippen LogP contribution is -2.55. The van der Waals surface area contributed by atoms with Crippen LogP contribution in [-0.4, -0.2) is 81.0 Å². The number of aromatic nitrogens is 1. The second-order valence-corrected chi connectivity index (χ2v) is 10.4. The predicted molar refractivity (Wildman–Crippen MR) is 144 cm³/mol. The van der Waals surface area contributed by atoms with E-state index in [4.69, 9.17) is 4.74 Å². The van der Waals surface area contributed by atoms with Crippen LogP contribution in [0.4, 0.5) is 11.4 Å². The van der Waals surface area contributed by atoms with Gasteiger partial charge in [-0.2, -0.15) is 5.26 Å². The van der Waals surface area contributed by atoms with Crippen LogP contribution < -0.4 is 15.1 Å². The third kappa shape index (κ3) is 4.64. The van der Waals surface area contributed by atoms with Crippen LogP contribution in [-0.2, 0) is 4.74 Å². The average Bonchev–Trinajstić information content (AvgIpc) is 2.90. The van der Waals surface area contributed by atoms with Gasteiger partial charge >= 0.3 is 0 Å². The molecule has 2 atom stereocenters. The fraction of sp³-hybridized carbons (Fsp3) is 0.448. The third-order valence-electron chi connectivity index (χ3n) is 7.78. The maximum Gasteiger partial charge on any atom is 0.101 e. The molecule has 0 bridgehead atoms. The smallest absolute Gasteiger partial charge is 0.101 e. The zero-order chi connectivity index (χ0) is 24.5. The fourth-order valence-electron chi connectivity index (χ4n) is 5.98. The summed E-state index contributed by atoms with van der Waals surface area (Å²) in [5.74, 6) is 0.596. The van der Waals surface area contributed by atoms with Gasteiger partial charge in [0.05, 0.1) is 23.3 Å². The first-order valence-corrected chi connectivity index (χ1v) is 13.1. The van der Waals surface area contributed by atoms with E-state index in [1.54, 1.807) is 6.20 Å². The number of benzene rings is 2. The fourth-order valence-corrected chi connectivity index (χ4v) is 5.98. The van der Waals surface area contributed by atoms with E-state index >= 15 is 0 Å². The summed E-state index contributed by atoms with van der Waals surface area (Å²) in [7, 11) is 0. The summed E-state index contributed by atoms with van der Waals surface area (Å²) in [5.41, 5.74) is 5.36. The van der Waals surface area contributed by atoms with Crippen LogP contribution in [0, 0.1) is 11.3 Å². The van der Waals surface area contributed by atoms with Crippen molar-refractivity contribution < 1.29 is 4.74 Å². The molecule has 186 valence electrons. The van der Waals surface area contributed by atoms with E-state index < -0.39 is 0 Å². The maximum atomic E-state index is 9.50. The Bertz CT molecular complexity index is 1260. The Morgan fingerprint density at radius 3 is 2.72 bits per heavy atom. The summed E-state index contributed by atoms with van der Waals surface area (Å²) < 4.78 is 6.38. The van der Waals surface area contributed by atoms with Crippen molar-refractivity contribution in [3.8, 4) is 6.07 Å². The first-order valence-electron chi connectivity index (χ1n) is 13.1. The van der Waals surface area contributed by atoms with Crippen LogP contribution >= 0.6 is 0 Å². The molecule has 0 amide bonds. The molecule has 2 aromatic carbocycles. The molecule has 3 saturated heterocycles. The third-order valence-corrected chi connectivity index (χ3v) is 7.78. The molecule has 3 aliphatic heterocycles. The van der Waals surface area contributed by atoms with Crippen LogP contribution in [0.15, 0.2) is 54.7 Å². The zero-order valence-electron chi connectivity index (χ0n) is 20.9. The normalized spacial score (nSPS) is 23.4. The monoisotopic (exact) mass is 482 g/mol. The minimum absolute atomic E-state index is 0.152. The molecule has 0 aliphatic carbocycles. The van der Waals surface area contributed by atoms with Crippen LogP contribution in [0.1, 0.15) is 24.0 Å². The number of pyridine rings is 1. The summed E-state index contributed by atoms with van der Waals surface area (Å²) in [5, 5.41) is 14.0. The number of hydrogen-bond acceptors (Lipinski definition) is 7. The number of ether oxygens (including phenoxy) is 1. The summed E-state index contributed by atoms with van der Waals surface area (Å²) in [6.07, 6.45) is 2.07. The maximum absolute atomic E-state index is 9.50. The van der Waals surface area contributed by atoms with Gasteiger partial charge in [-0.3, -0.25) is 9.88 Å². The molecule has 36 heavy (non-hydrogen) atoms. The van der Waals surface area contributed by atoms with Crippen molar-refractivity contribution in [3.05, 3.63) is 65.9 Å². The van der Waals surface area contributed by atoms with Gasteiger partial charge in [0.15, 0.2) is 0 Å². The highest BCUT2D eigenvalue weighted by atomic mass is 16.5. The zero-order valence-corrected chi connectivity index (χ0v) is 20.9. The van der Waals surface area contributed by atoms with E-state index in [9.17, 15) is 5.26 Å². The first kappa shape index (κ1) is 23.2. The number of nitrogens with one attached hydrogen (secondary N) is 1. The van der Waals surface area contributed by atoms with Crippen molar-refractivity contribution in [1.82, 2.24) is 15.2 Å². The Balaban J connectivity index is 1.10. The molecule has 7 heteroatoms. The van der Waals surface area contributed by atoms with E-state index in [1.807, 2.05) is 12.1 Å². The van der Waals surface area contributed by atoms with Crippen LogP contribution in [0.2, 0.25) is 0 Å². The van der Waals surface area contributed by atoms with Gasteiger partial charge in [0, 0.05) is 87.8 Å². The van der Waals surface area contributed by atoms with Crippen molar-refractivity contribution in [3.63, 3.8) is 0 Å². The quantitative estimate of drug-likeness (QED) is 0.599. The van der Waals surface area contributed by atoms with Crippen LogP contribution in [0.25, 0.3) is 10.9 Å². The average molecular weight is 483 g/mol. The number of nitriles is 1. The summed E-state index contributed by atoms with van der Waals surface area (Å²) >= 11 is 0. The Hall–Kier alpha value is -3.18. The molecular formula is C29H34N6O. The van der Waals surface area contributed by atoms with E-state index in [0.717, 1.165) is 75.5 Å². The highest BCUT2D eigenvalue weighted by molar-refractivity contribution is 5.95. The molecule has 7 nitrogen and oxygen atoms in total. The lowest BCUT2D eigenvalue weighted by atomic mass is 9.90. The molecular weight excluding hydrogens is 448 g/mol. The Kier molecular flexibility index (Phi) is 6.49. The highest BCUT2D eigenvalue weighted by Crippen LogP contribution is 2.33. The van der Waals surface area contributed by atoms with E-state index in [2.05, 4.69) is 74.4 Å². The van der Waals surface area contributed by atoms with E-state index in [-0.39, 0.29) is 12.2 Å². The van der Waals surface area contributed by atoms with Crippen molar-refractivity contribution in [2.45, 2.75) is 25.0 Å². The summed E-state index contributed by atoms with van der Waals surface area (Å²) in [6.45, 7) is 11.3. The lowest BCUT2D eigenvalue weighted by Gasteiger charge is -2.45. The minimum atomic E-state index is 0.152. The molecule has 3 fully saturated rings. The minimum Gasteiger partial charge on any atom is -0.370 e. The second-order valence-electron chi connectivity index (χ2n) is 10.4. The Morgan fingerprint density at radius 2 is 1.89 bits per heavy atom. The molecule has 4 heterocycles. The van der Waals surface area contributed by atoms with Gasteiger partial charge in [0.1, 0.15) is 6.07 Å². The topological polar surface area (TPSA) is 67.7 Å². The summed E-state index contributed by atoms with van der Waals surface area (Å²) in [6, 6.07) is 19.4. The number of hydrogen-bond donors (Lipinski definition) is 1. The van der Waals surface area contributed by atoms with Crippen molar-refractivity contribution >= 4 is 22.3 Å². The number of fused-ring (bicyclic) bond motifs is 1. The lowest BCUT2D eigenvalue weighted by molar-refractivity contribution is -0.0434. The highest BCUT2D eigenvalue weighted by Gasteiger charge is 2.34. The number of anilines is 2. The van der Waals surface area contributed by atoms with Gasteiger partial charge in [-0.15, -0.1) is 0 Å². The van der Waals surface area contributed by atoms with Gasteiger partial charge in [0.2, 0.25) is 0 Å². The molecule has 0 radical (unpaired) electrons. The molecule has 0 saturated carbocycles. The Labute approximate surface area is 213 Å². The van der Waals surface area contributed by atoms with E-state index in [1.165, 1.54) is 11.3 Å². The summed E-state index contributed by atoms with van der Waals surface area (Å²) in [4.78, 5) is 11.9. The number of morpholine rings is 1. The number of nitrogens with zero attached hydrogens (tertiary/aromatic N) is 5. The largest absolute Gasteiger partial charge is 0.370 e. The first-order chi connectivity index (χ1) is 17.7.